The summed E-state index contributed by atoms with van der Waals surface area (Å²) in [5.41, 5.74) is 0. The Morgan fingerprint density at radius 3 is 1.52 bits per heavy atom. The predicted octanol–water partition coefficient (Wildman–Crippen LogP) is 7.59. The lowest BCUT2D eigenvalue weighted by molar-refractivity contribution is 0.133. The molecule has 0 aromatic carbocycles. The lowest BCUT2D eigenvalue weighted by Gasteiger charge is -2.27. The van der Waals surface area contributed by atoms with Crippen LogP contribution in [0.15, 0.2) is 0 Å². The van der Waals surface area contributed by atoms with Gasteiger partial charge in [-0.2, -0.15) is 0 Å². The molecule has 0 fully saturated rings. The van der Waals surface area contributed by atoms with Crippen molar-refractivity contribution in [1.82, 2.24) is 4.90 Å². The highest BCUT2D eigenvalue weighted by Gasteiger charge is 2.18. The van der Waals surface area contributed by atoms with Gasteiger partial charge < -0.3 is 10.0 Å². The normalized spacial score (nSPS) is 14.8. The molecule has 3 unspecified atom stereocenters. The average Bonchev–Trinajstić information content (AvgIpc) is 2.58. The van der Waals surface area contributed by atoms with Gasteiger partial charge in [-0.1, -0.05) is 90.4 Å². The molecule has 0 saturated carbocycles. The lowest BCUT2D eigenvalue weighted by atomic mass is 10.00. The molecule has 0 aromatic rings. The van der Waals surface area contributed by atoms with Gasteiger partial charge in [0.05, 0.1) is 6.10 Å². The third-order valence-corrected chi connectivity index (χ3v) is 5.89. The Labute approximate surface area is 182 Å². The van der Waals surface area contributed by atoms with E-state index < -0.39 is 0 Å². The second kappa shape index (κ2) is 21.2. The summed E-state index contributed by atoms with van der Waals surface area (Å²) in [7, 11) is 4.17. The number of hydrogen-bond acceptors (Lipinski definition) is 2. The SMILES string of the molecule is CCCCCCCCCCCCCCCC(Cl)CC(CC(C)O)N(C)C.Cl. The Kier molecular flexibility index (Phi) is 23.3. The minimum Gasteiger partial charge on any atom is -0.393 e. The van der Waals surface area contributed by atoms with Gasteiger partial charge in [-0.05, 0) is 40.3 Å². The van der Waals surface area contributed by atoms with E-state index in [1.807, 2.05) is 6.92 Å². The van der Waals surface area contributed by atoms with E-state index in [-0.39, 0.29) is 23.9 Å². The number of aliphatic hydroxyl groups is 1. The van der Waals surface area contributed by atoms with Gasteiger partial charge >= 0.3 is 0 Å². The van der Waals surface area contributed by atoms with Crippen molar-refractivity contribution in [3.63, 3.8) is 0 Å². The van der Waals surface area contributed by atoms with Crippen molar-refractivity contribution in [2.75, 3.05) is 14.1 Å². The quantitative estimate of drug-likeness (QED) is 0.170. The molecule has 0 aromatic heterocycles. The van der Waals surface area contributed by atoms with Gasteiger partial charge in [-0.25, -0.2) is 0 Å². The van der Waals surface area contributed by atoms with Crippen LogP contribution in [0, 0.1) is 0 Å². The van der Waals surface area contributed by atoms with E-state index in [9.17, 15) is 5.11 Å². The van der Waals surface area contributed by atoms with Crippen molar-refractivity contribution >= 4 is 24.0 Å². The standard InChI is InChI=1S/C23H48ClNO.ClH/c1-5-6-7-8-9-10-11-12-13-14-15-16-17-18-22(24)20-23(25(3)4)19-21(2)26;/h21-23,26H,5-20H2,1-4H3;1H. The molecule has 0 bridgehead atoms. The summed E-state index contributed by atoms with van der Waals surface area (Å²) in [4.78, 5) is 2.20. The summed E-state index contributed by atoms with van der Waals surface area (Å²) in [5.74, 6) is 0. The van der Waals surface area contributed by atoms with Crippen molar-refractivity contribution in [3.8, 4) is 0 Å². The van der Waals surface area contributed by atoms with Crippen LogP contribution in [0.3, 0.4) is 0 Å². The summed E-state index contributed by atoms with van der Waals surface area (Å²) in [6.07, 6.45) is 20.8. The van der Waals surface area contributed by atoms with E-state index in [4.69, 9.17) is 11.6 Å². The minimum absolute atomic E-state index is 0. The molecule has 0 aliphatic carbocycles. The van der Waals surface area contributed by atoms with E-state index in [2.05, 4.69) is 25.9 Å². The van der Waals surface area contributed by atoms with Crippen molar-refractivity contribution < 1.29 is 5.11 Å². The van der Waals surface area contributed by atoms with Crippen LogP contribution < -0.4 is 0 Å². The number of nitrogens with zero attached hydrogens (tertiary/aromatic N) is 1. The molecule has 166 valence electrons. The molecule has 0 radical (unpaired) electrons. The Morgan fingerprint density at radius 1 is 0.741 bits per heavy atom. The van der Waals surface area contributed by atoms with Gasteiger partial charge in [0.2, 0.25) is 0 Å². The summed E-state index contributed by atoms with van der Waals surface area (Å²) in [6, 6.07) is 0.388. The molecule has 0 amide bonds. The van der Waals surface area contributed by atoms with Crippen molar-refractivity contribution in [2.24, 2.45) is 0 Å². The maximum absolute atomic E-state index is 9.61. The topological polar surface area (TPSA) is 23.5 Å². The Bertz CT molecular complexity index is 288. The van der Waals surface area contributed by atoms with Crippen LogP contribution in [0.2, 0.25) is 0 Å². The van der Waals surface area contributed by atoms with E-state index in [0.717, 1.165) is 19.3 Å². The largest absolute Gasteiger partial charge is 0.393 e. The molecular formula is C23H49Cl2NO. The first kappa shape index (κ1) is 29.7. The predicted molar refractivity (Wildman–Crippen MR) is 126 cm³/mol. The first-order chi connectivity index (χ1) is 12.5. The Morgan fingerprint density at radius 2 is 1.15 bits per heavy atom. The van der Waals surface area contributed by atoms with Crippen LogP contribution in [0.5, 0.6) is 0 Å². The minimum atomic E-state index is -0.248. The fraction of sp³-hybridized carbons (Fsp3) is 1.00. The van der Waals surface area contributed by atoms with Gasteiger partial charge in [0.1, 0.15) is 0 Å². The van der Waals surface area contributed by atoms with Gasteiger partial charge in [-0.15, -0.1) is 24.0 Å². The van der Waals surface area contributed by atoms with Crippen LogP contribution in [0.1, 0.15) is 117 Å². The van der Waals surface area contributed by atoms with Gasteiger partial charge in [-0.3, -0.25) is 0 Å². The van der Waals surface area contributed by atoms with Crippen LogP contribution >= 0.6 is 24.0 Å². The van der Waals surface area contributed by atoms with Crippen LogP contribution in [-0.4, -0.2) is 41.6 Å². The van der Waals surface area contributed by atoms with Crippen LogP contribution in [-0.2, 0) is 0 Å². The number of unbranched alkanes of at least 4 members (excludes halogenated alkanes) is 12. The highest BCUT2D eigenvalue weighted by molar-refractivity contribution is 6.20. The number of hydrogen-bond donors (Lipinski definition) is 1. The summed E-state index contributed by atoms with van der Waals surface area (Å²) in [5, 5.41) is 9.86. The number of halogens is 2. The zero-order valence-electron chi connectivity index (χ0n) is 18.7. The zero-order chi connectivity index (χ0) is 19.6. The van der Waals surface area contributed by atoms with Crippen molar-refractivity contribution in [1.29, 1.82) is 0 Å². The summed E-state index contributed by atoms with van der Waals surface area (Å²) >= 11 is 6.54. The molecule has 1 N–H and O–H groups in total. The van der Waals surface area contributed by atoms with Gasteiger partial charge in [0.25, 0.3) is 0 Å². The molecule has 0 aliphatic rings. The molecule has 2 nitrogen and oxygen atoms in total. The second-order valence-corrected chi connectivity index (χ2v) is 9.18. The average molecular weight is 427 g/mol. The highest BCUT2D eigenvalue weighted by Crippen LogP contribution is 2.20. The van der Waals surface area contributed by atoms with Crippen molar-refractivity contribution in [2.45, 2.75) is 134 Å². The number of aliphatic hydroxyl groups excluding tert-OH is 1. The van der Waals surface area contributed by atoms with E-state index >= 15 is 0 Å². The van der Waals surface area contributed by atoms with Gasteiger partial charge in [0, 0.05) is 11.4 Å². The smallest absolute Gasteiger partial charge is 0.0527 e. The maximum atomic E-state index is 9.61. The first-order valence-electron chi connectivity index (χ1n) is 11.5. The summed E-state index contributed by atoms with van der Waals surface area (Å²) < 4.78 is 0. The molecule has 4 heteroatoms. The molecule has 27 heavy (non-hydrogen) atoms. The van der Waals surface area contributed by atoms with Crippen LogP contribution in [0.25, 0.3) is 0 Å². The molecule has 3 atom stereocenters. The molecule has 0 heterocycles. The fourth-order valence-corrected chi connectivity index (χ4v) is 4.07. The van der Waals surface area contributed by atoms with Gasteiger partial charge in [0.15, 0.2) is 0 Å². The number of alkyl halides is 1. The molecule has 0 aliphatic heterocycles. The Hall–Kier alpha value is 0.500. The molecular weight excluding hydrogens is 377 g/mol. The lowest BCUT2D eigenvalue weighted by Crippen LogP contribution is -2.33. The third kappa shape index (κ3) is 21.0. The monoisotopic (exact) mass is 425 g/mol. The Balaban J connectivity index is 0. The van der Waals surface area contributed by atoms with E-state index in [0.29, 0.717) is 6.04 Å². The molecule has 0 spiro atoms. The first-order valence-corrected chi connectivity index (χ1v) is 11.9. The number of rotatable bonds is 19. The van der Waals surface area contributed by atoms with Crippen LogP contribution in [0.4, 0.5) is 0 Å². The second-order valence-electron chi connectivity index (χ2n) is 8.57. The maximum Gasteiger partial charge on any atom is 0.0527 e. The highest BCUT2D eigenvalue weighted by atomic mass is 35.5. The summed E-state index contributed by atoms with van der Waals surface area (Å²) in [6.45, 7) is 4.15. The van der Waals surface area contributed by atoms with Crippen molar-refractivity contribution in [3.05, 3.63) is 0 Å². The molecule has 0 rings (SSSR count). The zero-order valence-corrected chi connectivity index (χ0v) is 20.3. The fourth-order valence-electron chi connectivity index (χ4n) is 3.71. The third-order valence-electron chi connectivity index (χ3n) is 5.49. The van der Waals surface area contributed by atoms with E-state index in [1.165, 1.54) is 83.5 Å². The molecule has 0 saturated heterocycles. The van der Waals surface area contributed by atoms with E-state index in [1.54, 1.807) is 0 Å².